The van der Waals surface area contributed by atoms with E-state index >= 15 is 0 Å². The number of hydrogen-bond acceptors (Lipinski definition) is 5. The van der Waals surface area contributed by atoms with Gasteiger partial charge in [-0.2, -0.15) is 0 Å². The first kappa shape index (κ1) is 18.3. The Morgan fingerprint density at radius 1 is 1.07 bits per heavy atom. The summed E-state index contributed by atoms with van der Waals surface area (Å²) in [6.07, 6.45) is 2.96. The molecule has 2 aromatic heterocycles. The van der Waals surface area contributed by atoms with Gasteiger partial charge in [-0.15, -0.1) is 22.7 Å². The molecule has 0 radical (unpaired) electrons. The SMILES string of the molecule is O=C(Cc1csc(-c2cccs2)n1)NCc1ccc(CN2CCCC2)cc1. The third kappa shape index (κ3) is 5.03. The number of rotatable bonds is 7. The van der Waals surface area contributed by atoms with Crippen LogP contribution in [0.15, 0.2) is 47.2 Å². The van der Waals surface area contributed by atoms with Crippen LogP contribution in [0, 0.1) is 0 Å². The van der Waals surface area contributed by atoms with E-state index in [-0.39, 0.29) is 5.91 Å². The van der Waals surface area contributed by atoms with Gasteiger partial charge in [-0.3, -0.25) is 9.69 Å². The van der Waals surface area contributed by atoms with Crippen molar-refractivity contribution in [3.63, 3.8) is 0 Å². The Labute approximate surface area is 167 Å². The molecule has 1 fully saturated rings. The minimum Gasteiger partial charge on any atom is -0.352 e. The molecule has 0 saturated carbocycles. The molecule has 3 heterocycles. The molecule has 1 aliphatic rings. The monoisotopic (exact) mass is 397 g/mol. The molecule has 3 aromatic rings. The number of amides is 1. The zero-order valence-corrected chi connectivity index (χ0v) is 16.8. The number of nitrogens with one attached hydrogen (secondary N) is 1. The van der Waals surface area contributed by atoms with Crippen molar-refractivity contribution in [1.29, 1.82) is 0 Å². The topological polar surface area (TPSA) is 45.2 Å². The molecule has 27 heavy (non-hydrogen) atoms. The standard InChI is InChI=1S/C21H23N3OS2/c25-20(12-18-15-27-21(23-18)19-4-3-11-26-19)22-13-16-5-7-17(8-6-16)14-24-9-1-2-10-24/h3-8,11,15H,1-2,9-10,12-14H2,(H,22,25). The van der Waals surface area contributed by atoms with Crippen molar-refractivity contribution in [3.05, 3.63) is 64.0 Å². The van der Waals surface area contributed by atoms with Gasteiger partial charge in [0.05, 0.1) is 17.0 Å². The van der Waals surface area contributed by atoms with Crippen molar-refractivity contribution < 1.29 is 4.79 Å². The lowest BCUT2D eigenvalue weighted by Gasteiger charge is -2.14. The molecule has 0 bridgehead atoms. The van der Waals surface area contributed by atoms with E-state index < -0.39 is 0 Å². The summed E-state index contributed by atoms with van der Waals surface area (Å²) in [6, 6.07) is 12.7. The Hall–Kier alpha value is -2.02. The first-order chi connectivity index (χ1) is 13.3. The minimum absolute atomic E-state index is 0.0131. The maximum Gasteiger partial charge on any atom is 0.226 e. The van der Waals surface area contributed by atoms with Crippen LogP contribution in [0.4, 0.5) is 0 Å². The Morgan fingerprint density at radius 3 is 2.59 bits per heavy atom. The van der Waals surface area contributed by atoms with Crippen LogP contribution in [-0.2, 0) is 24.3 Å². The fourth-order valence-electron chi connectivity index (χ4n) is 3.29. The third-order valence-electron chi connectivity index (χ3n) is 4.74. The second-order valence-electron chi connectivity index (χ2n) is 6.87. The summed E-state index contributed by atoms with van der Waals surface area (Å²) >= 11 is 3.26. The summed E-state index contributed by atoms with van der Waals surface area (Å²) in [4.78, 5) is 20.4. The normalized spacial score (nSPS) is 14.5. The molecular formula is C21H23N3OS2. The second-order valence-corrected chi connectivity index (χ2v) is 8.68. The summed E-state index contributed by atoms with van der Waals surface area (Å²) in [7, 11) is 0. The van der Waals surface area contributed by atoms with Gasteiger partial charge in [0.2, 0.25) is 5.91 Å². The Balaban J connectivity index is 1.25. The molecule has 4 rings (SSSR count). The number of thiazole rings is 1. The van der Waals surface area contributed by atoms with E-state index in [1.54, 1.807) is 22.7 Å². The van der Waals surface area contributed by atoms with E-state index in [9.17, 15) is 4.79 Å². The fraction of sp³-hybridized carbons (Fsp3) is 0.333. The highest BCUT2D eigenvalue weighted by Gasteiger charge is 2.12. The third-order valence-corrected chi connectivity index (χ3v) is 6.67. The highest BCUT2D eigenvalue weighted by Crippen LogP contribution is 2.27. The van der Waals surface area contributed by atoms with Crippen LogP contribution in [0.2, 0.25) is 0 Å². The second kappa shape index (κ2) is 8.78. The highest BCUT2D eigenvalue weighted by atomic mass is 32.1. The lowest BCUT2D eigenvalue weighted by atomic mass is 10.1. The number of hydrogen-bond donors (Lipinski definition) is 1. The maximum absolute atomic E-state index is 12.2. The number of benzene rings is 1. The lowest BCUT2D eigenvalue weighted by molar-refractivity contribution is -0.120. The largest absolute Gasteiger partial charge is 0.352 e. The molecule has 0 aliphatic carbocycles. The summed E-state index contributed by atoms with van der Waals surface area (Å²) in [6.45, 7) is 4.01. The number of carbonyl (C=O) groups excluding carboxylic acids is 1. The van der Waals surface area contributed by atoms with Gasteiger partial charge in [0.1, 0.15) is 5.01 Å². The Bertz CT molecular complexity index is 865. The van der Waals surface area contributed by atoms with Gasteiger partial charge >= 0.3 is 0 Å². The Kier molecular flexibility index (Phi) is 5.97. The zero-order chi connectivity index (χ0) is 18.5. The van der Waals surface area contributed by atoms with Crippen LogP contribution in [0.1, 0.15) is 29.7 Å². The summed E-state index contributed by atoms with van der Waals surface area (Å²) in [5.74, 6) is 0.0131. The van der Waals surface area contributed by atoms with Gasteiger partial charge in [0.25, 0.3) is 0 Å². The minimum atomic E-state index is 0.0131. The molecule has 6 heteroatoms. The van der Waals surface area contributed by atoms with Crippen molar-refractivity contribution in [2.45, 2.75) is 32.4 Å². The van der Waals surface area contributed by atoms with E-state index in [0.29, 0.717) is 13.0 Å². The van der Waals surface area contributed by atoms with Gasteiger partial charge in [0.15, 0.2) is 0 Å². The molecule has 140 valence electrons. The fourth-order valence-corrected chi connectivity index (χ4v) is 4.92. The van der Waals surface area contributed by atoms with Crippen molar-refractivity contribution in [2.75, 3.05) is 13.1 Å². The van der Waals surface area contributed by atoms with E-state index in [0.717, 1.165) is 27.7 Å². The quantitative estimate of drug-likeness (QED) is 0.646. The smallest absolute Gasteiger partial charge is 0.226 e. The van der Waals surface area contributed by atoms with Crippen LogP contribution in [0.5, 0.6) is 0 Å². The predicted molar refractivity (Wildman–Crippen MR) is 112 cm³/mol. The molecule has 1 aliphatic heterocycles. The molecular weight excluding hydrogens is 374 g/mol. The van der Waals surface area contributed by atoms with E-state index in [1.165, 1.54) is 31.5 Å². The van der Waals surface area contributed by atoms with E-state index in [1.807, 2.05) is 16.8 Å². The molecule has 1 saturated heterocycles. The summed E-state index contributed by atoms with van der Waals surface area (Å²) in [5.41, 5.74) is 3.31. The average Bonchev–Trinajstić information content (AvgIpc) is 3.43. The number of nitrogens with zero attached hydrogens (tertiary/aromatic N) is 2. The first-order valence-electron chi connectivity index (χ1n) is 9.31. The van der Waals surface area contributed by atoms with Crippen LogP contribution in [0.3, 0.4) is 0 Å². The highest BCUT2D eigenvalue weighted by molar-refractivity contribution is 7.20. The molecule has 0 spiro atoms. The van der Waals surface area contributed by atoms with Crippen molar-refractivity contribution in [2.24, 2.45) is 0 Å². The maximum atomic E-state index is 12.2. The van der Waals surface area contributed by atoms with Crippen molar-refractivity contribution in [1.82, 2.24) is 15.2 Å². The number of likely N-dealkylation sites (tertiary alicyclic amines) is 1. The zero-order valence-electron chi connectivity index (χ0n) is 15.2. The van der Waals surface area contributed by atoms with Gasteiger partial charge < -0.3 is 5.32 Å². The summed E-state index contributed by atoms with van der Waals surface area (Å²) < 4.78 is 0. The van der Waals surface area contributed by atoms with E-state index in [2.05, 4.69) is 45.5 Å². The van der Waals surface area contributed by atoms with Crippen LogP contribution >= 0.6 is 22.7 Å². The van der Waals surface area contributed by atoms with Gasteiger partial charge in [0, 0.05) is 18.5 Å². The van der Waals surface area contributed by atoms with Gasteiger partial charge in [-0.05, 0) is 48.5 Å². The first-order valence-corrected chi connectivity index (χ1v) is 11.1. The van der Waals surface area contributed by atoms with Crippen LogP contribution < -0.4 is 5.32 Å². The van der Waals surface area contributed by atoms with Crippen molar-refractivity contribution in [3.8, 4) is 9.88 Å². The summed E-state index contributed by atoms with van der Waals surface area (Å²) in [5, 5.41) is 8.00. The number of thiophene rings is 1. The van der Waals surface area contributed by atoms with Crippen molar-refractivity contribution >= 4 is 28.6 Å². The van der Waals surface area contributed by atoms with Crippen LogP contribution in [0.25, 0.3) is 9.88 Å². The molecule has 0 atom stereocenters. The molecule has 0 unspecified atom stereocenters. The predicted octanol–water partition coefficient (Wildman–Crippen LogP) is 4.33. The Morgan fingerprint density at radius 2 is 1.85 bits per heavy atom. The lowest BCUT2D eigenvalue weighted by Crippen LogP contribution is -2.24. The molecule has 1 N–H and O–H groups in total. The molecule has 4 nitrogen and oxygen atoms in total. The van der Waals surface area contributed by atoms with Gasteiger partial charge in [-0.1, -0.05) is 30.3 Å². The van der Waals surface area contributed by atoms with E-state index in [4.69, 9.17) is 0 Å². The molecule has 1 amide bonds. The number of carbonyl (C=O) groups is 1. The van der Waals surface area contributed by atoms with Gasteiger partial charge in [-0.25, -0.2) is 4.98 Å². The average molecular weight is 398 g/mol. The number of aromatic nitrogens is 1. The van der Waals surface area contributed by atoms with Crippen LogP contribution in [-0.4, -0.2) is 28.9 Å². The molecule has 1 aromatic carbocycles.